The van der Waals surface area contributed by atoms with E-state index in [-0.39, 0.29) is 12.2 Å². The van der Waals surface area contributed by atoms with E-state index in [1.807, 2.05) is 0 Å². The average molecular weight is 425 g/mol. The Labute approximate surface area is 175 Å². The Morgan fingerprint density at radius 3 is 2.65 bits per heavy atom. The molecule has 3 N–H and O–H groups in total. The van der Waals surface area contributed by atoms with Crippen molar-refractivity contribution < 1.29 is 23.5 Å². The van der Waals surface area contributed by atoms with Gasteiger partial charge in [-0.2, -0.15) is 0 Å². The maximum Gasteiger partial charge on any atom is 0.315 e. The van der Waals surface area contributed by atoms with Crippen LogP contribution in [0.2, 0.25) is 0 Å². The fourth-order valence-corrected chi connectivity index (χ4v) is 3.42. The molecule has 1 aromatic heterocycles. The van der Waals surface area contributed by atoms with E-state index >= 15 is 0 Å². The number of nitrogens with one attached hydrogen (secondary N) is 2. The molecule has 1 heterocycles. The monoisotopic (exact) mass is 425 g/mol. The number of nitro groups is 1. The van der Waals surface area contributed by atoms with Crippen LogP contribution in [0.4, 0.5) is 20.2 Å². The molecule has 7 nitrogen and oxygen atoms in total. The van der Waals surface area contributed by atoms with Crippen LogP contribution in [0.3, 0.4) is 0 Å². The van der Waals surface area contributed by atoms with Crippen LogP contribution >= 0.6 is 0 Å². The molecule has 0 radical (unpaired) electrons. The van der Waals surface area contributed by atoms with Crippen molar-refractivity contribution in [2.24, 2.45) is 0 Å². The summed E-state index contributed by atoms with van der Waals surface area (Å²) in [5.74, 6) is -1.78. The highest BCUT2D eigenvalue weighted by Gasteiger charge is 2.19. The Kier molecular flexibility index (Phi) is 5.16. The molecule has 9 heteroatoms. The Hall–Kier alpha value is -4.14. The zero-order valence-electron chi connectivity index (χ0n) is 16.3. The van der Waals surface area contributed by atoms with Crippen LogP contribution in [-0.2, 0) is 6.54 Å². The van der Waals surface area contributed by atoms with Gasteiger partial charge in [0.1, 0.15) is 5.75 Å². The predicted octanol–water partition coefficient (Wildman–Crippen LogP) is 5.35. The van der Waals surface area contributed by atoms with Gasteiger partial charge in [0.25, 0.3) is 0 Å². The lowest BCUT2D eigenvalue weighted by Crippen LogP contribution is -2.04. The molecule has 31 heavy (non-hydrogen) atoms. The number of nitro benzene ring substituents is 1. The molecule has 0 amide bonds. The summed E-state index contributed by atoms with van der Waals surface area (Å²) in [7, 11) is 1.49. The molecule has 0 aliphatic rings. The predicted molar refractivity (Wildman–Crippen MR) is 112 cm³/mol. The van der Waals surface area contributed by atoms with Gasteiger partial charge < -0.3 is 20.1 Å². The summed E-state index contributed by atoms with van der Waals surface area (Å²) >= 11 is 0. The van der Waals surface area contributed by atoms with Crippen molar-refractivity contribution in [3.8, 4) is 22.8 Å². The molecule has 4 aromatic rings. The molecular formula is C22H17F2N3O4. The summed E-state index contributed by atoms with van der Waals surface area (Å²) < 4.78 is 32.4. The minimum absolute atomic E-state index is 0.0631. The summed E-state index contributed by atoms with van der Waals surface area (Å²) in [6, 6.07) is 13.5. The van der Waals surface area contributed by atoms with Crippen LogP contribution in [0.25, 0.3) is 22.2 Å². The Morgan fingerprint density at radius 2 is 1.90 bits per heavy atom. The lowest BCUT2D eigenvalue weighted by Gasteiger charge is -2.13. The number of halogens is 2. The molecule has 3 aromatic carbocycles. The summed E-state index contributed by atoms with van der Waals surface area (Å²) in [5.41, 5.74) is 2.28. The summed E-state index contributed by atoms with van der Waals surface area (Å²) in [5, 5.41) is 24.7. The number of aromatic hydroxyl groups is 1. The maximum atomic E-state index is 13.5. The number of hydrogen-bond donors (Lipinski definition) is 3. The van der Waals surface area contributed by atoms with Gasteiger partial charge in [-0.1, -0.05) is 12.1 Å². The fourth-order valence-electron chi connectivity index (χ4n) is 3.42. The fraction of sp³-hybridized carbons (Fsp3) is 0.0909. The first-order chi connectivity index (χ1) is 14.9. The van der Waals surface area contributed by atoms with Crippen LogP contribution in [0, 0.1) is 21.7 Å². The van der Waals surface area contributed by atoms with Crippen molar-refractivity contribution in [1.82, 2.24) is 4.98 Å². The van der Waals surface area contributed by atoms with E-state index < -0.39 is 22.3 Å². The minimum Gasteiger partial charge on any atom is -0.502 e. The molecule has 0 saturated carbocycles. The van der Waals surface area contributed by atoms with Crippen LogP contribution in [0.5, 0.6) is 11.5 Å². The van der Waals surface area contributed by atoms with Gasteiger partial charge in [0.2, 0.25) is 0 Å². The number of ether oxygens (including phenoxy) is 1. The van der Waals surface area contributed by atoms with E-state index in [1.165, 1.54) is 19.2 Å². The SMILES string of the molecule is COc1ccc(-c2cc3cc(F)c(F)cc3[nH]2)cc1NCc1cccc(O)c1[N+](=O)[O-]. The van der Waals surface area contributed by atoms with Gasteiger partial charge in [-0.25, -0.2) is 8.78 Å². The summed E-state index contributed by atoms with van der Waals surface area (Å²) in [6.07, 6.45) is 0. The topological polar surface area (TPSA) is 100 Å². The van der Waals surface area contributed by atoms with E-state index in [4.69, 9.17) is 4.74 Å². The molecule has 0 atom stereocenters. The molecule has 0 spiro atoms. The molecule has 0 aliphatic carbocycles. The molecule has 0 fully saturated rings. The maximum absolute atomic E-state index is 13.5. The molecule has 0 bridgehead atoms. The van der Waals surface area contributed by atoms with Crippen LogP contribution < -0.4 is 10.1 Å². The third kappa shape index (κ3) is 3.85. The van der Waals surface area contributed by atoms with Gasteiger partial charge in [0.05, 0.1) is 23.3 Å². The number of hydrogen-bond acceptors (Lipinski definition) is 5. The number of para-hydroxylation sites is 1. The highest BCUT2D eigenvalue weighted by atomic mass is 19.2. The lowest BCUT2D eigenvalue weighted by molar-refractivity contribution is -0.386. The number of phenols is 1. The van der Waals surface area contributed by atoms with Crippen molar-refractivity contribution in [1.29, 1.82) is 0 Å². The van der Waals surface area contributed by atoms with Crippen molar-refractivity contribution >= 4 is 22.3 Å². The number of H-pyrrole nitrogens is 1. The van der Waals surface area contributed by atoms with Crippen molar-refractivity contribution in [2.75, 3.05) is 12.4 Å². The Morgan fingerprint density at radius 1 is 1.13 bits per heavy atom. The van der Waals surface area contributed by atoms with Gasteiger partial charge in [0, 0.05) is 34.8 Å². The van der Waals surface area contributed by atoms with Gasteiger partial charge in [-0.15, -0.1) is 0 Å². The molecular weight excluding hydrogens is 408 g/mol. The molecule has 0 unspecified atom stereocenters. The van der Waals surface area contributed by atoms with Crippen molar-refractivity contribution in [3.63, 3.8) is 0 Å². The zero-order valence-corrected chi connectivity index (χ0v) is 16.3. The first-order valence-electron chi connectivity index (χ1n) is 9.22. The third-order valence-electron chi connectivity index (χ3n) is 4.92. The highest BCUT2D eigenvalue weighted by Crippen LogP contribution is 2.34. The largest absolute Gasteiger partial charge is 0.502 e. The highest BCUT2D eigenvalue weighted by molar-refractivity contribution is 5.86. The van der Waals surface area contributed by atoms with E-state index in [1.54, 1.807) is 30.3 Å². The van der Waals surface area contributed by atoms with Crippen molar-refractivity contribution in [2.45, 2.75) is 6.54 Å². The third-order valence-corrected chi connectivity index (χ3v) is 4.92. The number of nitrogens with zero attached hydrogens (tertiary/aromatic N) is 1. The number of benzene rings is 3. The standard InChI is InChI=1S/C22H17F2N3O4/c1-31-21-6-5-12(17-9-14-7-15(23)16(24)10-18(14)26-17)8-19(21)25-11-13-3-2-4-20(28)22(13)27(29)30/h2-10,25-26,28H,11H2,1H3. The number of fused-ring (bicyclic) bond motifs is 1. The molecule has 158 valence electrons. The second-order valence-electron chi connectivity index (χ2n) is 6.85. The number of methoxy groups -OCH3 is 1. The number of anilines is 1. The summed E-state index contributed by atoms with van der Waals surface area (Å²) in [6.45, 7) is 0.0631. The number of phenolic OH excluding ortho intramolecular Hbond substituents is 1. The summed E-state index contributed by atoms with van der Waals surface area (Å²) in [4.78, 5) is 13.7. The second kappa shape index (κ2) is 7.94. The normalized spacial score (nSPS) is 10.9. The quantitative estimate of drug-likeness (QED) is 0.286. The first-order valence-corrected chi connectivity index (χ1v) is 9.22. The minimum atomic E-state index is -0.939. The van der Waals surface area contributed by atoms with Gasteiger partial charge in [0.15, 0.2) is 17.4 Å². The molecule has 0 aliphatic heterocycles. The van der Waals surface area contributed by atoms with E-state index in [0.717, 1.165) is 12.1 Å². The van der Waals surface area contributed by atoms with E-state index in [2.05, 4.69) is 10.3 Å². The number of rotatable bonds is 6. The van der Waals surface area contributed by atoms with Crippen molar-refractivity contribution in [3.05, 3.63) is 81.9 Å². The first kappa shape index (κ1) is 20.1. The Bertz CT molecular complexity index is 1260. The van der Waals surface area contributed by atoms with E-state index in [9.17, 15) is 24.0 Å². The van der Waals surface area contributed by atoms with Crippen LogP contribution in [0.1, 0.15) is 5.56 Å². The molecule has 4 rings (SSSR count). The van der Waals surface area contributed by atoms with Gasteiger partial charge in [-0.05, 0) is 36.4 Å². The average Bonchev–Trinajstić information content (AvgIpc) is 3.14. The van der Waals surface area contributed by atoms with Gasteiger partial charge in [-0.3, -0.25) is 10.1 Å². The Balaban J connectivity index is 1.68. The van der Waals surface area contributed by atoms with Crippen LogP contribution in [-0.4, -0.2) is 22.1 Å². The zero-order chi connectivity index (χ0) is 22.1. The lowest BCUT2D eigenvalue weighted by atomic mass is 10.1. The molecule has 0 saturated heterocycles. The number of aromatic amines is 1. The number of aromatic nitrogens is 1. The van der Waals surface area contributed by atoms with E-state index in [0.29, 0.717) is 39.2 Å². The van der Waals surface area contributed by atoms with Crippen LogP contribution in [0.15, 0.2) is 54.6 Å². The smallest absolute Gasteiger partial charge is 0.315 e. The van der Waals surface area contributed by atoms with Gasteiger partial charge >= 0.3 is 5.69 Å². The second-order valence-corrected chi connectivity index (χ2v) is 6.85.